The maximum absolute atomic E-state index is 2.12. The molecule has 0 fully saturated rings. The van der Waals surface area contributed by atoms with Crippen molar-refractivity contribution in [2.75, 3.05) is 0 Å². The van der Waals surface area contributed by atoms with E-state index in [1.165, 1.54) is 0 Å². The SMILES string of the molecule is C1=CCC=C1.CC.[CH3-].[Y]. The molecule has 0 unspecified atom stereocenters. The molecule has 9 heavy (non-hydrogen) atoms. The van der Waals surface area contributed by atoms with Crippen LogP contribution in [-0.2, 0) is 32.7 Å². The third-order valence-corrected chi connectivity index (χ3v) is 0.655. The van der Waals surface area contributed by atoms with Crippen molar-refractivity contribution in [2.45, 2.75) is 20.3 Å². The van der Waals surface area contributed by atoms with Crippen LogP contribution in [0, 0.1) is 7.43 Å². The Kier molecular flexibility index (Phi) is 28.7. The third-order valence-electron chi connectivity index (χ3n) is 0.655. The van der Waals surface area contributed by atoms with Gasteiger partial charge in [0.1, 0.15) is 0 Å². The van der Waals surface area contributed by atoms with Gasteiger partial charge in [-0.2, -0.15) is 0 Å². The normalized spacial score (nSPS) is 10.4. The van der Waals surface area contributed by atoms with Crippen molar-refractivity contribution in [3.05, 3.63) is 31.7 Å². The van der Waals surface area contributed by atoms with Gasteiger partial charge in [0, 0.05) is 32.7 Å². The summed E-state index contributed by atoms with van der Waals surface area (Å²) in [5.41, 5.74) is 0. The second kappa shape index (κ2) is 15.8. The summed E-state index contributed by atoms with van der Waals surface area (Å²) in [5, 5.41) is 0. The van der Waals surface area contributed by atoms with E-state index in [-0.39, 0.29) is 40.1 Å². The molecule has 1 radical (unpaired) electrons. The zero-order chi connectivity index (χ0) is 5.54. The minimum Gasteiger partial charge on any atom is -0.358 e. The molecule has 0 atom stereocenters. The number of allylic oxidation sites excluding steroid dienone is 4. The standard InChI is InChI=1S/C5H6.C2H6.CH3.Y/c1-2-4-5-3-1;1-2;;/h1-4H,5H2;1-2H3;1H3;/q;;-1;. The Labute approximate surface area is 84.3 Å². The first-order valence-corrected chi connectivity index (χ1v) is 2.82. The van der Waals surface area contributed by atoms with Crippen molar-refractivity contribution in [3.63, 3.8) is 0 Å². The second-order valence-corrected chi connectivity index (χ2v) is 1.09. The summed E-state index contributed by atoms with van der Waals surface area (Å²) >= 11 is 0. The summed E-state index contributed by atoms with van der Waals surface area (Å²) in [5.74, 6) is 0. The van der Waals surface area contributed by atoms with Crippen molar-refractivity contribution in [3.8, 4) is 0 Å². The first-order chi connectivity index (χ1) is 3.50. The van der Waals surface area contributed by atoms with Gasteiger partial charge in [0.15, 0.2) is 0 Å². The molecule has 0 aromatic carbocycles. The van der Waals surface area contributed by atoms with Crippen LogP contribution in [0.25, 0.3) is 0 Å². The van der Waals surface area contributed by atoms with Crippen LogP contribution >= 0.6 is 0 Å². The quantitative estimate of drug-likeness (QED) is 0.527. The van der Waals surface area contributed by atoms with Gasteiger partial charge in [0.2, 0.25) is 0 Å². The average molecular weight is 200 g/mol. The van der Waals surface area contributed by atoms with E-state index in [0.717, 1.165) is 6.42 Å². The van der Waals surface area contributed by atoms with Crippen LogP contribution in [0.1, 0.15) is 20.3 Å². The molecule has 0 heterocycles. The molecule has 0 nitrogen and oxygen atoms in total. The minimum atomic E-state index is 0. The molecule has 1 heteroatoms. The van der Waals surface area contributed by atoms with E-state index in [4.69, 9.17) is 0 Å². The van der Waals surface area contributed by atoms with Gasteiger partial charge in [0.25, 0.3) is 0 Å². The van der Waals surface area contributed by atoms with Gasteiger partial charge in [-0.25, -0.2) is 0 Å². The van der Waals surface area contributed by atoms with Gasteiger partial charge in [0.05, 0.1) is 0 Å². The van der Waals surface area contributed by atoms with Crippen molar-refractivity contribution < 1.29 is 32.7 Å². The van der Waals surface area contributed by atoms with Crippen molar-refractivity contribution in [1.29, 1.82) is 0 Å². The fourth-order valence-electron chi connectivity index (χ4n) is 0.393. The topological polar surface area (TPSA) is 0 Å². The van der Waals surface area contributed by atoms with Gasteiger partial charge in [-0.3, -0.25) is 0 Å². The molecule has 0 amide bonds. The van der Waals surface area contributed by atoms with E-state index in [1.54, 1.807) is 0 Å². The Morgan fingerprint density at radius 3 is 1.44 bits per heavy atom. The maximum Gasteiger partial charge on any atom is 0 e. The summed E-state index contributed by atoms with van der Waals surface area (Å²) < 4.78 is 0. The molecule has 0 N–H and O–H groups in total. The predicted octanol–water partition coefficient (Wildman–Crippen LogP) is 2.98. The fourth-order valence-corrected chi connectivity index (χ4v) is 0.393. The van der Waals surface area contributed by atoms with Crippen molar-refractivity contribution in [1.82, 2.24) is 0 Å². The monoisotopic (exact) mass is 200 g/mol. The molecule has 0 aromatic rings. The van der Waals surface area contributed by atoms with Crippen molar-refractivity contribution >= 4 is 0 Å². The molecule has 0 saturated carbocycles. The smallest absolute Gasteiger partial charge is 0 e. The number of hydrogen-bond acceptors (Lipinski definition) is 0. The van der Waals surface area contributed by atoms with E-state index >= 15 is 0 Å². The van der Waals surface area contributed by atoms with Crippen molar-refractivity contribution in [2.24, 2.45) is 0 Å². The summed E-state index contributed by atoms with van der Waals surface area (Å²) in [6.07, 6.45) is 9.50. The Morgan fingerprint density at radius 2 is 1.33 bits per heavy atom. The van der Waals surface area contributed by atoms with Crippen LogP contribution in [0.5, 0.6) is 0 Å². The number of hydrogen-bond donors (Lipinski definition) is 0. The average Bonchev–Trinajstić information content (AvgIpc) is 2.23. The van der Waals surface area contributed by atoms with Gasteiger partial charge in [-0.1, -0.05) is 38.2 Å². The number of rotatable bonds is 0. The molecule has 1 aliphatic rings. The second-order valence-electron chi connectivity index (χ2n) is 1.09. The molecule has 1 rings (SSSR count). The Bertz CT molecular complexity index is 62.6. The van der Waals surface area contributed by atoms with Crippen LogP contribution in [0.15, 0.2) is 24.3 Å². The summed E-state index contributed by atoms with van der Waals surface area (Å²) in [4.78, 5) is 0. The van der Waals surface area contributed by atoms with Gasteiger partial charge in [-0.15, -0.1) is 0 Å². The summed E-state index contributed by atoms with van der Waals surface area (Å²) in [6, 6.07) is 0. The van der Waals surface area contributed by atoms with Crippen LogP contribution in [0.4, 0.5) is 0 Å². The van der Waals surface area contributed by atoms with E-state index in [0.29, 0.717) is 0 Å². The molecule has 1 aliphatic carbocycles. The van der Waals surface area contributed by atoms with E-state index < -0.39 is 0 Å². The van der Waals surface area contributed by atoms with Crippen LogP contribution in [0.2, 0.25) is 0 Å². The summed E-state index contributed by atoms with van der Waals surface area (Å²) in [6.45, 7) is 4.00. The molecule has 0 saturated heterocycles. The zero-order valence-corrected chi connectivity index (χ0v) is 9.43. The first kappa shape index (κ1) is 16.3. The molecule has 0 bridgehead atoms. The van der Waals surface area contributed by atoms with Crippen LogP contribution < -0.4 is 0 Å². The third kappa shape index (κ3) is 11.9. The molecule has 0 aliphatic heterocycles. The Balaban J connectivity index is -0.0000000836. The maximum atomic E-state index is 2.12. The van der Waals surface area contributed by atoms with Gasteiger partial charge in [-0.05, 0) is 6.42 Å². The van der Waals surface area contributed by atoms with Crippen LogP contribution in [0.3, 0.4) is 0 Å². The Hall–Kier alpha value is 0.584. The van der Waals surface area contributed by atoms with Gasteiger partial charge >= 0.3 is 0 Å². The molecular formula is C8H15Y-. The summed E-state index contributed by atoms with van der Waals surface area (Å²) in [7, 11) is 0. The molecule has 0 aromatic heterocycles. The fraction of sp³-hybridized carbons (Fsp3) is 0.375. The van der Waals surface area contributed by atoms with E-state index in [9.17, 15) is 0 Å². The minimum absolute atomic E-state index is 0. The van der Waals surface area contributed by atoms with E-state index in [1.807, 2.05) is 13.8 Å². The molecule has 51 valence electrons. The molecule has 0 spiro atoms. The van der Waals surface area contributed by atoms with Gasteiger partial charge < -0.3 is 7.43 Å². The van der Waals surface area contributed by atoms with Crippen LogP contribution in [-0.4, -0.2) is 0 Å². The largest absolute Gasteiger partial charge is 0.358 e. The molecular weight excluding hydrogens is 185 g/mol. The first-order valence-electron chi connectivity index (χ1n) is 2.82. The van der Waals surface area contributed by atoms with E-state index in [2.05, 4.69) is 24.3 Å². The zero-order valence-electron chi connectivity index (χ0n) is 6.59. The Morgan fingerprint density at radius 1 is 1.00 bits per heavy atom. The predicted molar refractivity (Wildman–Crippen MR) is 40.7 cm³/mol.